The lowest BCUT2D eigenvalue weighted by Crippen LogP contribution is -2.37. The van der Waals surface area contributed by atoms with Gasteiger partial charge in [-0.05, 0) is 25.0 Å². The van der Waals surface area contributed by atoms with E-state index in [1.165, 1.54) is 0 Å². The molecule has 0 radical (unpaired) electrons. The summed E-state index contributed by atoms with van der Waals surface area (Å²) in [5.74, 6) is -0.00459. The number of carbonyl (C=O) groups excluding carboxylic acids is 1. The van der Waals surface area contributed by atoms with Crippen LogP contribution in [0.1, 0.15) is 29.3 Å². The normalized spacial score (nSPS) is 21.0. The SMILES string of the molecule is Cc1ccc(CC(=O)N[C@H]2CCO[C@@H]2c2cnn(C)c2)cn1. The van der Waals surface area contributed by atoms with Crippen LogP contribution in [-0.2, 0) is 23.0 Å². The Hall–Kier alpha value is -2.21. The minimum absolute atomic E-state index is 0.00453. The molecule has 2 atom stereocenters. The predicted molar refractivity (Wildman–Crippen MR) is 81.1 cm³/mol. The molecular formula is C16H20N4O2. The van der Waals surface area contributed by atoms with Crippen molar-refractivity contribution in [1.82, 2.24) is 20.1 Å². The lowest BCUT2D eigenvalue weighted by atomic mass is 10.0. The number of aromatic nitrogens is 3. The smallest absolute Gasteiger partial charge is 0.224 e. The first-order chi connectivity index (χ1) is 10.6. The van der Waals surface area contributed by atoms with Gasteiger partial charge in [0.05, 0.1) is 18.7 Å². The van der Waals surface area contributed by atoms with Gasteiger partial charge in [0, 0.05) is 37.3 Å². The molecular weight excluding hydrogens is 280 g/mol. The summed E-state index contributed by atoms with van der Waals surface area (Å²) in [6.07, 6.45) is 6.51. The van der Waals surface area contributed by atoms with Gasteiger partial charge in [-0.2, -0.15) is 5.10 Å². The van der Waals surface area contributed by atoms with Gasteiger partial charge in [0.15, 0.2) is 0 Å². The first-order valence-corrected chi connectivity index (χ1v) is 7.43. The molecule has 1 amide bonds. The second-order valence-electron chi connectivity index (χ2n) is 5.69. The van der Waals surface area contributed by atoms with Crippen LogP contribution in [0.2, 0.25) is 0 Å². The zero-order chi connectivity index (χ0) is 15.5. The maximum absolute atomic E-state index is 12.2. The third-order valence-corrected chi connectivity index (χ3v) is 3.83. The van der Waals surface area contributed by atoms with E-state index in [1.54, 1.807) is 17.1 Å². The molecule has 1 aliphatic rings. The Labute approximate surface area is 129 Å². The van der Waals surface area contributed by atoms with Crippen LogP contribution in [0.25, 0.3) is 0 Å². The molecule has 1 saturated heterocycles. The summed E-state index contributed by atoms with van der Waals surface area (Å²) >= 11 is 0. The standard InChI is InChI=1S/C16H20N4O2/c1-11-3-4-12(8-17-11)7-15(21)19-14-5-6-22-16(14)13-9-18-20(2)10-13/h3-4,8-10,14,16H,5-7H2,1-2H3,(H,19,21)/t14-,16+/m0/s1. The number of carbonyl (C=O) groups is 1. The Kier molecular flexibility index (Phi) is 4.20. The van der Waals surface area contributed by atoms with E-state index in [0.29, 0.717) is 13.0 Å². The molecule has 1 fully saturated rings. The molecule has 0 saturated carbocycles. The number of pyridine rings is 1. The van der Waals surface area contributed by atoms with Crippen molar-refractivity contribution in [2.45, 2.75) is 31.9 Å². The molecule has 2 aromatic rings. The van der Waals surface area contributed by atoms with Crippen LogP contribution >= 0.6 is 0 Å². The van der Waals surface area contributed by atoms with Gasteiger partial charge in [0.1, 0.15) is 6.10 Å². The van der Waals surface area contributed by atoms with Crippen LogP contribution in [0.4, 0.5) is 0 Å². The minimum atomic E-state index is -0.117. The second kappa shape index (κ2) is 6.27. The topological polar surface area (TPSA) is 69.0 Å². The molecule has 1 aliphatic heterocycles. The molecule has 0 unspecified atom stereocenters. The summed E-state index contributed by atoms with van der Waals surface area (Å²) < 4.78 is 7.50. The molecule has 0 aromatic carbocycles. The number of nitrogens with one attached hydrogen (secondary N) is 1. The summed E-state index contributed by atoms with van der Waals surface area (Å²) in [5.41, 5.74) is 2.87. The van der Waals surface area contributed by atoms with Crippen LogP contribution in [-0.4, -0.2) is 33.3 Å². The van der Waals surface area contributed by atoms with Crippen LogP contribution < -0.4 is 5.32 Å². The first kappa shape index (κ1) is 14.7. The van der Waals surface area contributed by atoms with E-state index in [1.807, 2.05) is 32.3 Å². The Balaban J connectivity index is 1.61. The predicted octanol–water partition coefficient (Wildman–Crippen LogP) is 1.31. The Morgan fingerprint density at radius 2 is 2.32 bits per heavy atom. The Morgan fingerprint density at radius 1 is 1.45 bits per heavy atom. The van der Waals surface area contributed by atoms with Gasteiger partial charge < -0.3 is 10.1 Å². The van der Waals surface area contributed by atoms with Gasteiger partial charge in [-0.1, -0.05) is 6.07 Å². The van der Waals surface area contributed by atoms with E-state index in [4.69, 9.17) is 4.74 Å². The summed E-state index contributed by atoms with van der Waals surface area (Å²) in [6.45, 7) is 2.58. The van der Waals surface area contributed by atoms with Crippen LogP contribution in [0.3, 0.4) is 0 Å². The maximum atomic E-state index is 12.2. The van der Waals surface area contributed by atoms with Gasteiger partial charge in [0.2, 0.25) is 5.91 Å². The average Bonchev–Trinajstić information content (AvgIpc) is 3.10. The van der Waals surface area contributed by atoms with Crippen molar-refractivity contribution in [1.29, 1.82) is 0 Å². The van der Waals surface area contributed by atoms with E-state index < -0.39 is 0 Å². The number of nitrogens with zero attached hydrogens (tertiary/aromatic N) is 3. The van der Waals surface area contributed by atoms with Gasteiger partial charge in [-0.25, -0.2) is 0 Å². The first-order valence-electron chi connectivity index (χ1n) is 7.43. The lowest BCUT2D eigenvalue weighted by molar-refractivity contribution is -0.121. The highest BCUT2D eigenvalue weighted by Gasteiger charge is 2.31. The Bertz CT molecular complexity index is 650. The molecule has 116 valence electrons. The van der Waals surface area contributed by atoms with Gasteiger partial charge >= 0.3 is 0 Å². The quantitative estimate of drug-likeness (QED) is 0.924. The summed E-state index contributed by atoms with van der Waals surface area (Å²) in [6, 6.07) is 3.85. The third kappa shape index (κ3) is 3.33. The summed E-state index contributed by atoms with van der Waals surface area (Å²) in [5, 5.41) is 7.24. The molecule has 22 heavy (non-hydrogen) atoms. The highest BCUT2D eigenvalue weighted by Crippen LogP contribution is 2.28. The van der Waals surface area contributed by atoms with E-state index in [-0.39, 0.29) is 18.1 Å². The lowest BCUT2D eigenvalue weighted by Gasteiger charge is -2.18. The molecule has 6 heteroatoms. The number of aryl methyl sites for hydroxylation is 2. The monoisotopic (exact) mass is 300 g/mol. The highest BCUT2D eigenvalue weighted by molar-refractivity contribution is 5.78. The van der Waals surface area contributed by atoms with Gasteiger partial charge in [0.25, 0.3) is 0 Å². The molecule has 0 bridgehead atoms. The van der Waals surface area contributed by atoms with Gasteiger partial charge in [-0.15, -0.1) is 0 Å². The molecule has 1 N–H and O–H groups in total. The van der Waals surface area contributed by atoms with E-state index >= 15 is 0 Å². The number of amides is 1. The van der Waals surface area contributed by atoms with Crippen LogP contribution in [0, 0.1) is 6.92 Å². The third-order valence-electron chi connectivity index (χ3n) is 3.83. The average molecular weight is 300 g/mol. The van der Waals surface area contributed by atoms with Crippen molar-refractivity contribution in [2.24, 2.45) is 7.05 Å². The Morgan fingerprint density at radius 3 is 3.00 bits per heavy atom. The molecule has 6 nitrogen and oxygen atoms in total. The van der Waals surface area contributed by atoms with Crippen molar-refractivity contribution in [3.63, 3.8) is 0 Å². The van der Waals surface area contributed by atoms with Crippen molar-refractivity contribution in [3.8, 4) is 0 Å². The zero-order valence-electron chi connectivity index (χ0n) is 12.8. The highest BCUT2D eigenvalue weighted by atomic mass is 16.5. The van der Waals surface area contributed by atoms with Crippen LogP contribution in [0.15, 0.2) is 30.7 Å². The summed E-state index contributed by atoms with van der Waals surface area (Å²) in [4.78, 5) is 16.4. The van der Waals surface area contributed by atoms with Crippen molar-refractivity contribution in [2.75, 3.05) is 6.61 Å². The fourth-order valence-corrected chi connectivity index (χ4v) is 2.70. The summed E-state index contributed by atoms with van der Waals surface area (Å²) in [7, 11) is 1.87. The minimum Gasteiger partial charge on any atom is -0.371 e. The molecule has 0 aliphatic carbocycles. The molecule has 2 aromatic heterocycles. The molecule has 3 heterocycles. The number of hydrogen-bond acceptors (Lipinski definition) is 4. The van der Waals surface area contributed by atoms with Crippen molar-refractivity contribution in [3.05, 3.63) is 47.5 Å². The van der Waals surface area contributed by atoms with E-state index in [9.17, 15) is 4.79 Å². The largest absolute Gasteiger partial charge is 0.371 e. The number of hydrogen-bond donors (Lipinski definition) is 1. The fraction of sp³-hybridized carbons (Fsp3) is 0.438. The van der Waals surface area contributed by atoms with E-state index in [2.05, 4.69) is 15.4 Å². The number of ether oxygens (including phenoxy) is 1. The zero-order valence-corrected chi connectivity index (χ0v) is 12.8. The van der Waals surface area contributed by atoms with Crippen molar-refractivity contribution < 1.29 is 9.53 Å². The van der Waals surface area contributed by atoms with Gasteiger partial charge in [-0.3, -0.25) is 14.5 Å². The molecule has 3 rings (SSSR count). The number of rotatable bonds is 4. The fourth-order valence-electron chi connectivity index (χ4n) is 2.70. The van der Waals surface area contributed by atoms with E-state index in [0.717, 1.165) is 23.2 Å². The van der Waals surface area contributed by atoms with Crippen molar-refractivity contribution >= 4 is 5.91 Å². The maximum Gasteiger partial charge on any atom is 0.224 e. The van der Waals surface area contributed by atoms with Crippen LogP contribution in [0.5, 0.6) is 0 Å². The molecule has 0 spiro atoms. The second-order valence-corrected chi connectivity index (χ2v) is 5.69.